The smallest absolute Gasteiger partial charge is 0.0407 e. The number of anilines is 1. The Hall–Kier alpha value is -0.730. The Balaban J connectivity index is 1.48. The summed E-state index contributed by atoms with van der Waals surface area (Å²) in [6, 6.07) is 8.87. The van der Waals surface area contributed by atoms with Crippen LogP contribution >= 0.6 is 11.6 Å². The van der Waals surface area contributed by atoms with Gasteiger partial charge in [0.15, 0.2) is 0 Å². The topological polar surface area (TPSA) is 15.3 Å². The number of benzene rings is 1. The van der Waals surface area contributed by atoms with Crippen molar-refractivity contribution >= 4 is 17.3 Å². The highest BCUT2D eigenvalue weighted by molar-refractivity contribution is 6.30. The standard InChI is InChI=1S/C17H25ClN2/c18-15-7-9-16(10-8-15)19-11-13-20-12-3-5-14-4-1-2-6-17(14)20/h7-10,14,17,19H,1-6,11-13H2/t14-,17-/m1/s1. The number of hydrogen-bond acceptors (Lipinski definition) is 2. The van der Waals surface area contributed by atoms with E-state index in [-0.39, 0.29) is 0 Å². The van der Waals surface area contributed by atoms with Crippen LogP contribution in [-0.4, -0.2) is 30.6 Å². The van der Waals surface area contributed by atoms with Crippen molar-refractivity contribution in [2.45, 2.75) is 44.6 Å². The molecule has 110 valence electrons. The molecule has 0 unspecified atom stereocenters. The highest BCUT2D eigenvalue weighted by Crippen LogP contribution is 2.34. The third-order valence-electron chi connectivity index (χ3n) is 4.93. The summed E-state index contributed by atoms with van der Waals surface area (Å²) >= 11 is 5.91. The van der Waals surface area contributed by atoms with E-state index in [2.05, 4.69) is 22.3 Å². The van der Waals surface area contributed by atoms with Crippen molar-refractivity contribution in [2.24, 2.45) is 5.92 Å². The fraction of sp³-hybridized carbons (Fsp3) is 0.647. The van der Waals surface area contributed by atoms with Crippen molar-refractivity contribution in [3.05, 3.63) is 29.3 Å². The highest BCUT2D eigenvalue weighted by atomic mass is 35.5. The van der Waals surface area contributed by atoms with Crippen LogP contribution in [0.3, 0.4) is 0 Å². The van der Waals surface area contributed by atoms with Gasteiger partial charge in [0.05, 0.1) is 0 Å². The number of rotatable bonds is 4. The normalized spacial score (nSPS) is 27.1. The molecule has 1 aliphatic heterocycles. The molecule has 1 aliphatic carbocycles. The van der Waals surface area contributed by atoms with Crippen molar-refractivity contribution in [2.75, 3.05) is 25.0 Å². The second-order valence-electron chi connectivity index (χ2n) is 6.22. The quantitative estimate of drug-likeness (QED) is 0.884. The van der Waals surface area contributed by atoms with E-state index >= 15 is 0 Å². The maximum Gasteiger partial charge on any atom is 0.0407 e. The molecule has 1 aromatic rings. The fourth-order valence-electron chi connectivity index (χ4n) is 3.92. The Morgan fingerprint density at radius 2 is 1.80 bits per heavy atom. The predicted molar refractivity (Wildman–Crippen MR) is 86.5 cm³/mol. The molecule has 1 N–H and O–H groups in total. The Morgan fingerprint density at radius 1 is 1.05 bits per heavy atom. The first kappa shape index (κ1) is 14.2. The zero-order valence-corrected chi connectivity index (χ0v) is 12.9. The molecule has 1 saturated carbocycles. The van der Waals surface area contributed by atoms with Crippen molar-refractivity contribution in [3.63, 3.8) is 0 Å². The van der Waals surface area contributed by atoms with Crippen LogP contribution in [0.25, 0.3) is 0 Å². The summed E-state index contributed by atoms with van der Waals surface area (Å²) in [7, 11) is 0. The van der Waals surface area contributed by atoms with Gasteiger partial charge in [-0.25, -0.2) is 0 Å². The van der Waals surface area contributed by atoms with Gasteiger partial charge in [0.1, 0.15) is 0 Å². The van der Waals surface area contributed by atoms with Gasteiger partial charge in [-0.2, -0.15) is 0 Å². The van der Waals surface area contributed by atoms with Crippen molar-refractivity contribution < 1.29 is 0 Å². The summed E-state index contributed by atoms with van der Waals surface area (Å²) in [4.78, 5) is 2.73. The van der Waals surface area contributed by atoms with E-state index in [9.17, 15) is 0 Å². The first-order valence-electron chi connectivity index (χ1n) is 8.06. The third-order valence-corrected chi connectivity index (χ3v) is 5.18. The van der Waals surface area contributed by atoms with Crippen LogP contribution in [0.4, 0.5) is 5.69 Å². The summed E-state index contributed by atoms with van der Waals surface area (Å²) in [5, 5.41) is 4.32. The Bertz CT molecular complexity index is 416. The van der Waals surface area contributed by atoms with Gasteiger partial charge in [-0.1, -0.05) is 24.4 Å². The molecule has 1 aromatic carbocycles. The second-order valence-corrected chi connectivity index (χ2v) is 6.66. The molecule has 2 fully saturated rings. The SMILES string of the molecule is Clc1ccc(NCCN2CCC[C@H]3CCCC[C@H]32)cc1. The molecular weight excluding hydrogens is 268 g/mol. The van der Waals surface area contributed by atoms with Crippen LogP contribution in [0.1, 0.15) is 38.5 Å². The Kier molecular flexibility index (Phi) is 4.85. The minimum Gasteiger partial charge on any atom is -0.384 e. The van der Waals surface area contributed by atoms with Gasteiger partial charge in [0.25, 0.3) is 0 Å². The van der Waals surface area contributed by atoms with Crippen LogP contribution in [0.5, 0.6) is 0 Å². The summed E-state index contributed by atoms with van der Waals surface area (Å²) in [6.07, 6.45) is 8.63. The van der Waals surface area contributed by atoms with Gasteiger partial charge < -0.3 is 5.32 Å². The van der Waals surface area contributed by atoms with Crippen LogP contribution in [-0.2, 0) is 0 Å². The van der Waals surface area contributed by atoms with E-state index in [1.165, 1.54) is 57.3 Å². The number of nitrogens with zero attached hydrogens (tertiary/aromatic N) is 1. The lowest BCUT2D eigenvalue weighted by atomic mass is 9.78. The summed E-state index contributed by atoms with van der Waals surface area (Å²) < 4.78 is 0. The number of piperidine rings is 1. The molecular formula is C17H25ClN2. The number of fused-ring (bicyclic) bond motifs is 1. The Morgan fingerprint density at radius 3 is 2.65 bits per heavy atom. The fourth-order valence-corrected chi connectivity index (χ4v) is 4.04. The van der Waals surface area contributed by atoms with Crippen molar-refractivity contribution in [3.8, 4) is 0 Å². The van der Waals surface area contributed by atoms with Gasteiger partial charge >= 0.3 is 0 Å². The molecule has 0 amide bonds. The molecule has 0 aromatic heterocycles. The Labute approximate surface area is 127 Å². The molecule has 0 bridgehead atoms. The number of hydrogen-bond donors (Lipinski definition) is 1. The van der Waals surface area contributed by atoms with E-state index in [0.29, 0.717) is 0 Å². The van der Waals surface area contributed by atoms with Gasteiger partial charge in [-0.15, -0.1) is 0 Å². The maximum absolute atomic E-state index is 5.91. The maximum atomic E-state index is 5.91. The van der Waals surface area contributed by atoms with Crippen LogP contribution in [0, 0.1) is 5.92 Å². The first-order valence-corrected chi connectivity index (χ1v) is 8.44. The molecule has 3 heteroatoms. The number of nitrogens with one attached hydrogen (secondary N) is 1. The number of halogens is 1. The lowest BCUT2D eigenvalue weighted by Crippen LogP contribution is -2.48. The van der Waals surface area contributed by atoms with E-state index in [4.69, 9.17) is 11.6 Å². The lowest BCUT2D eigenvalue weighted by molar-refractivity contribution is 0.0645. The van der Waals surface area contributed by atoms with E-state index in [1.54, 1.807) is 0 Å². The predicted octanol–water partition coefficient (Wildman–Crippen LogP) is 4.41. The van der Waals surface area contributed by atoms with Crippen molar-refractivity contribution in [1.82, 2.24) is 4.90 Å². The van der Waals surface area contributed by atoms with Crippen molar-refractivity contribution in [1.29, 1.82) is 0 Å². The molecule has 2 atom stereocenters. The van der Waals surface area contributed by atoms with E-state index in [1.807, 2.05) is 12.1 Å². The molecule has 1 saturated heterocycles. The van der Waals surface area contributed by atoms with E-state index in [0.717, 1.165) is 23.5 Å². The average Bonchev–Trinajstić information content (AvgIpc) is 2.49. The zero-order chi connectivity index (χ0) is 13.8. The lowest BCUT2D eigenvalue weighted by Gasteiger charge is -2.44. The molecule has 2 aliphatic rings. The molecule has 3 rings (SSSR count). The minimum atomic E-state index is 0.802. The minimum absolute atomic E-state index is 0.802. The highest BCUT2D eigenvalue weighted by Gasteiger charge is 2.32. The van der Waals surface area contributed by atoms with Gasteiger partial charge in [-0.3, -0.25) is 4.90 Å². The largest absolute Gasteiger partial charge is 0.384 e. The second kappa shape index (κ2) is 6.82. The van der Waals surface area contributed by atoms with E-state index < -0.39 is 0 Å². The van der Waals surface area contributed by atoms with Crippen LogP contribution < -0.4 is 5.32 Å². The summed E-state index contributed by atoms with van der Waals surface area (Å²) in [5.74, 6) is 0.980. The number of likely N-dealkylation sites (tertiary alicyclic amines) is 1. The molecule has 0 radical (unpaired) electrons. The third kappa shape index (κ3) is 3.48. The van der Waals surface area contributed by atoms with Gasteiger partial charge in [0.2, 0.25) is 0 Å². The molecule has 0 spiro atoms. The average molecular weight is 293 g/mol. The molecule has 1 heterocycles. The van der Waals surface area contributed by atoms with Gasteiger partial charge in [0, 0.05) is 29.8 Å². The summed E-state index contributed by atoms with van der Waals surface area (Å²) in [6.45, 7) is 3.50. The molecule has 2 nitrogen and oxygen atoms in total. The summed E-state index contributed by atoms with van der Waals surface area (Å²) in [5.41, 5.74) is 1.17. The first-order chi connectivity index (χ1) is 9.83. The monoisotopic (exact) mass is 292 g/mol. The van der Waals surface area contributed by atoms with Crippen LogP contribution in [0.2, 0.25) is 5.02 Å². The molecule has 20 heavy (non-hydrogen) atoms. The zero-order valence-electron chi connectivity index (χ0n) is 12.2. The van der Waals surface area contributed by atoms with Gasteiger partial charge in [-0.05, 0) is 62.4 Å². The van der Waals surface area contributed by atoms with Crippen LogP contribution in [0.15, 0.2) is 24.3 Å².